The van der Waals surface area contributed by atoms with Crippen molar-refractivity contribution in [2.75, 3.05) is 11.9 Å². The lowest BCUT2D eigenvalue weighted by Gasteiger charge is -2.10. The van der Waals surface area contributed by atoms with Crippen LogP contribution in [0.3, 0.4) is 0 Å². The van der Waals surface area contributed by atoms with Gasteiger partial charge < -0.3 is 10.4 Å². The van der Waals surface area contributed by atoms with E-state index in [4.69, 9.17) is 5.11 Å². The highest BCUT2D eigenvalue weighted by Gasteiger charge is 2.03. The van der Waals surface area contributed by atoms with Crippen LogP contribution in [0.2, 0.25) is 0 Å². The third-order valence-electron chi connectivity index (χ3n) is 2.18. The molecule has 0 aromatic heterocycles. The fourth-order valence-corrected chi connectivity index (χ4v) is 1.51. The van der Waals surface area contributed by atoms with Crippen molar-refractivity contribution in [1.82, 2.24) is 0 Å². The Morgan fingerprint density at radius 2 is 2.20 bits per heavy atom. The molecule has 0 atom stereocenters. The number of aryl methyl sites for hydroxylation is 2. The molecule has 0 unspecified atom stereocenters. The molecule has 1 aromatic carbocycles. The molecule has 0 aliphatic carbocycles. The Balaban J connectivity index is 2.87. The molecule has 0 bridgehead atoms. The van der Waals surface area contributed by atoms with Crippen LogP contribution in [0.4, 0.5) is 5.69 Å². The minimum atomic E-state index is -0.0656. The van der Waals surface area contributed by atoms with E-state index in [1.165, 1.54) is 6.92 Å². The van der Waals surface area contributed by atoms with Crippen LogP contribution in [0.5, 0.6) is 0 Å². The van der Waals surface area contributed by atoms with Crippen LogP contribution in [0.15, 0.2) is 18.2 Å². The van der Waals surface area contributed by atoms with E-state index in [-0.39, 0.29) is 12.5 Å². The van der Waals surface area contributed by atoms with Crippen molar-refractivity contribution in [3.8, 4) is 0 Å². The van der Waals surface area contributed by atoms with Crippen molar-refractivity contribution in [3.05, 3.63) is 29.3 Å². The number of amides is 1. The van der Waals surface area contributed by atoms with Crippen LogP contribution < -0.4 is 5.32 Å². The molecule has 0 spiro atoms. The highest BCUT2D eigenvalue weighted by Crippen LogP contribution is 2.18. The number of hydrogen-bond acceptors (Lipinski definition) is 2. The molecule has 0 heterocycles. The van der Waals surface area contributed by atoms with Crippen LogP contribution in [-0.2, 0) is 11.2 Å². The van der Waals surface area contributed by atoms with Gasteiger partial charge in [-0.1, -0.05) is 17.7 Å². The second kappa shape index (κ2) is 5.51. The second-order valence-electron chi connectivity index (χ2n) is 3.67. The summed E-state index contributed by atoms with van der Waals surface area (Å²) >= 11 is 0. The molecule has 1 amide bonds. The summed E-state index contributed by atoms with van der Waals surface area (Å²) in [6.07, 6.45) is 1.50. The molecule has 0 aliphatic heterocycles. The zero-order valence-electron chi connectivity index (χ0n) is 9.21. The summed E-state index contributed by atoms with van der Waals surface area (Å²) in [5.41, 5.74) is 3.10. The van der Waals surface area contributed by atoms with Gasteiger partial charge in [-0.05, 0) is 31.4 Å². The third-order valence-corrected chi connectivity index (χ3v) is 2.18. The number of aliphatic hydroxyl groups excluding tert-OH is 1. The first-order chi connectivity index (χ1) is 7.13. The van der Waals surface area contributed by atoms with E-state index >= 15 is 0 Å². The SMILES string of the molecule is CC(=O)Nc1ccc(C)cc1CCCO. The molecule has 3 nitrogen and oxygen atoms in total. The number of carbonyl (C=O) groups is 1. The van der Waals surface area contributed by atoms with E-state index in [1.54, 1.807) is 0 Å². The molecule has 82 valence electrons. The third kappa shape index (κ3) is 3.72. The van der Waals surface area contributed by atoms with Gasteiger partial charge in [-0.15, -0.1) is 0 Å². The van der Waals surface area contributed by atoms with Crippen LogP contribution in [0.25, 0.3) is 0 Å². The molecule has 15 heavy (non-hydrogen) atoms. The number of nitrogens with one attached hydrogen (secondary N) is 1. The van der Waals surface area contributed by atoms with Crippen LogP contribution in [-0.4, -0.2) is 17.6 Å². The van der Waals surface area contributed by atoms with Gasteiger partial charge in [-0.3, -0.25) is 4.79 Å². The topological polar surface area (TPSA) is 49.3 Å². The second-order valence-corrected chi connectivity index (χ2v) is 3.67. The minimum absolute atomic E-state index is 0.0656. The standard InChI is InChI=1S/C12H17NO2/c1-9-5-6-12(13-10(2)15)11(8-9)4-3-7-14/h5-6,8,14H,3-4,7H2,1-2H3,(H,13,15). The Bertz CT molecular complexity index is 347. The van der Waals surface area contributed by atoms with Gasteiger partial charge in [0.2, 0.25) is 5.91 Å². The first-order valence-corrected chi connectivity index (χ1v) is 5.11. The van der Waals surface area contributed by atoms with E-state index in [1.807, 2.05) is 25.1 Å². The van der Waals surface area contributed by atoms with E-state index in [9.17, 15) is 4.79 Å². The van der Waals surface area contributed by atoms with Gasteiger partial charge in [-0.25, -0.2) is 0 Å². The molecule has 2 N–H and O–H groups in total. The zero-order chi connectivity index (χ0) is 11.3. The van der Waals surface area contributed by atoms with E-state index in [2.05, 4.69) is 5.32 Å². The average molecular weight is 207 g/mol. The summed E-state index contributed by atoms with van der Waals surface area (Å²) in [6.45, 7) is 3.68. The Morgan fingerprint density at radius 3 is 2.80 bits per heavy atom. The normalized spacial score (nSPS) is 10.1. The van der Waals surface area contributed by atoms with Crippen molar-refractivity contribution in [2.45, 2.75) is 26.7 Å². The van der Waals surface area contributed by atoms with Gasteiger partial charge in [0.25, 0.3) is 0 Å². The quantitative estimate of drug-likeness (QED) is 0.792. The number of hydrogen-bond donors (Lipinski definition) is 2. The van der Waals surface area contributed by atoms with E-state index in [0.29, 0.717) is 0 Å². The number of benzene rings is 1. The monoisotopic (exact) mass is 207 g/mol. The number of carbonyl (C=O) groups excluding carboxylic acids is 1. The smallest absolute Gasteiger partial charge is 0.221 e. The summed E-state index contributed by atoms with van der Waals surface area (Å²) in [5.74, 6) is -0.0656. The van der Waals surface area contributed by atoms with Crippen LogP contribution in [0.1, 0.15) is 24.5 Å². The highest BCUT2D eigenvalue weighted by molar-refractivity contribution is 5.89. The van der Waals surface area contributed by atoms with E-state index < -0.39 is 0 Å². The molecule has 0 saturated heterocycles. The fourth-order valence-electron chi connectivity index (χ4n) is 1.51. The summed E-state index contributed by atoms with van der Waals surface area (Å²) in [4.78, 5) is 11.0. The molecule has 0 fully saturated rings. The molecular weight excluding hydrogens is 190 g/mol. The maximum Gasteiger partial charge on any atom is 0.221 e. The first kappa shape index (κ1) is 11.7. The molecule has 1 rings (SSSR count). The lowest BCUT2D eigenvalue weighted by molar-refractivity contribution is -0.114. The van der Waals surface area contributed by atoms with Gasteiger partial charge in [0.15, 0.2) is 0 Å². The molecule has 3 heteroatoms. The highest BCUT2D eigenvalue weighted by atomic mass is 16.2. The molecule has 0 radical (unpaired) electrons. The maximum atomic E-state index is 11.0. The summed E-state index contributed by atoms with van der Waals surface area (Å²) in [5, 5.41) is 11.6. The van der Waals surface area contributed by atoms with E-state index in [0.717, 1.165) is 29.7 Å². The Hall–Kier alpha value is -1.35. The average Bonchev–Trinajstić information content (AvgIpc) is 2.18. The van der Waals surface area contributed by atoms with Gasteiger partial charge in [0.05, 0.1) is 0 Å². The fraction of sp³-hybridized carbons (Fsp3) is 0.417. The number of aliphatic hydroxyl groups is 1. The Labute approximate surface area is 90.1 Å². The predicted octanol–water partition coefficient (Wildman–Crippen LogP) is 1.88. The van der Waals surface area contributed by atoms with Crippen molar-refractivity contribution < 1.29 is 9.90 Å². The van der Waals surface area contributed by atoms with Crippen LogP contribution in [0, 0.1) is 6.92 Å². The van der Waals surface area contributed by atoms with Crippen molar-refractivity contribution in [2.24, 2.45) is 0 Å². The lowest BCUT2D eigenvalue weighted by Crippen LogP contribution is -2.08. The van der Waals surface area contributed by atoms with Gasteiger partial charge in [-0.2, -0.15) is 0 Å². The summed E-state index contributed by atoms with van der Waals surface area (Å²) in [6, 6.07) is 5.91. The predicted molar refractivity (Wildman–Crippen MR) is 60.9 cm³/mol. The van der Waals surface area contributed by atoms with Gasteiger partial charge in [0.1, 0.15) is 0 Å². The Kier molecular flexibility index (Phi) is 4.31. The first-order valence-electron chi connectivity index (χ1n) is 5.11. The maximum absolute atomic E-state index is 11.0. The minimum Gasteiger partial charge on any atom is -0.396 e. The van der Waals surface area contributed by atoms with Crippen molar-refractivity contribution >= 4 is 11.6 Å². The molecular formula is C12H17NO2. The largest absolute Gasteiger partial charge is 0.396 e. The molecule has 0 saturated carbocycles. The van der Waals surface area contributed by atoms with Gasteiger partial charge in [0, 0.05) is 19.2 Å². The number of anilines is 1. The number of rotatable bonds is 4. The summed E-state index contributed by atoms with van der Waals surface area (Å²) < 4.78 is 0. The molecule has 0 aliphatic rings. The summed E-state index contributed by atoms with van der Waals surface area (Å²) in [7, 11) is 0. The van der Waals surface area contributed by atoms with Gasteiger partial charge >= 0.3 is 0 Å². The van der Waals surface area contributed by atoms with Crippen molar-refractivity contribution in [3.63, 3.8) is 0 Å². The Morgan fingerprint density at radius 1 is 1.47 bits per heavy atom. The van der Waals surface area contributed by atoms with Crippen LogP contribution >= 0.6 is 0 Å². The zero-order valence-corrected chi connectivity index (χ0v) is 9.21. The lowest BCUT2D eigenvalue weighted by atomic mass is 10.0. The molecule has 1 aromatic rings. The van der Waals surface area contributed by atoms with Crippen molar-refractivity contribution in [1.29, 1.82) is 0 Å².